The van der Waals surface area contributed by atoms with Crippen LogP contribution in [-0.4, -0.2) is 13.2 Å². The zero-order valence-corrected chi connectivity index (χ0v) is 7.93. The van der Waals surface area contributed by atoms with Crippen molar-refractivity contribution in [1.29, 1.82) is 0 Å². The Morgan fingerprint density at radius 2 is 2.00 bits per heavy atom. The Bertz CT molecular complexity index is 245. The third-order valence-corrected chi connectivity index (χ3v) is 1.44. The van der Waals surface area contributed by atoms with Gasteiger partial charge in [0.05, 0.1) is 6.61 Å². The molecule has 0 aliphatic heterocycles. The lowest BCUT2D eigenvalue weighted by Gasteiger charge is -2.04. The van der Waals surface area contributed by atoms with Crippen LogP contribution >= 0.6 is 0 Å². The molecule has 0 heterocycles. The third kappa shape index (κ3) is 4.10. The summed E-state index contributed by atoms with van der Waals surface area (Å²) in [6, 6.07) is 6.34. The highest BCUT2D eigenvalue weighted by atomic mass is 35.5. The molecule has 0 amide bonds. The fourth-order valence-electron chi connectivity index (χ4n) is 0.827. The molecule has 0 aromatic heterocycles. The number of ether oxygens (including phenoxy) is 1. The highest BCUT2D eigenvalue weighted by Gasteiger charge is 1.99. The Kier molecular flexibility index (Phi) is 6.28. The van der Waals surface area contributed by atoms with E-state index in [9.17, 15) is 4.39 Å². The average Bonchev–Trinajstić information content (AvgIpc) is 2.09. The molecule has 0 aliphatic carbocycles. The molecule has 1 rings (SSSR count). The molecule has 0 spiro atoms. The van der Waals surface area contributed by atoms with Crippen LogP contribution in [-0.2, 0) is 0 Å². The zero-order chi connectivity index (χ0) is 8.81. The van der Waals surface area contributed by atoms with Gasteiger partial charge in [-0.25, -0.2) is 4.39 Å². The number of rotatable bonds is 4. The predicted octanol–water partition coefficient (Wildman–Crippen LogP) is -1.44. The van der Waals surface area contributed by atoms with E-state index < -0.39 is 0 Å². The minimum Gasteiger partial charge on any atom is -1.00 e. The zero-order valence-electron chi connectivity index (χ0n) is 7.17. The summed E-state index contributed by atoms with van der Waals surface area (Å²) < 4.78 is 18.0. The summed E-state index contributed by atoms with van der Waals surface area (Å²) in [5.41, 5.74) is 5.26. The van der Waals surface area contributed by atoms with Crippen LogP contribution in [0.1, 0.15) is 6.42 Å². The van der Waals surface area contributed by atoms with Crippen LogP contribution in [0.5, 0.6) is 5.75 Å². The number of para-hydroxylation sites is 1. The van der Waals surface area contributed by atoms with E-state index in [-0.39, 0.29) is 18.2 Å². The predicted molar refractivity (Wildman–Crippen MR) is 45.6 cm³/mol. The summed E-state index contributed by atoms with van der Waals surface area (Å²) >= 11 is 0. The maximum absolute atomic E-state index is 12.9. The van der Waals surface area contributed by atoms with Gasteiger partial charge < -0.3 is 22.9 Å². The van der Waals surface area contributed by atoms with Crippen molar-refractivity contribution >= 4 is 0 Å². The number of halogens is 2. The minimum atomic E-state index is -0.325. The normalized spacial score (nSPS) is 9.08. The highest BCUT2D eigenvalue weighted by Crippen LogP contribution is 2.14. The lowest BCUT2D eigenvalue weighted by Crippen LogP contribution is -3.00. The number of benzene rings is 1. The quantitative estimate of drug-likeness (QED) is 0.610. The molecule has 13 heavy (non-hydrogen) atoms. The molecule has 0 radical (unpaired) electrons. The first kappa shape index (κ1) is 12.2. The summed E-state index contributed by atoms with van der Waals surface area (Å²) in [6.07, 6.45) is 0.744. The van der Waals surface area contributed by atoms with E-state index >= 15 is 0 Å². The first-order valence-corrected chi connectivity index (χ1v) is 3.92. The van der Waals surface area contributed by atoms with Crippen molar-refractivity contribution in [3.05, 3.63) is 30.1 Å². The van der Waals surface area contributed by atoms with Crippen LogP contribution < -0.4 is 22.9 Å². The monoisotopic (exact) mass is 204 g/mol. The van der Waals surface area contributed by atoms with Crippen molar-refractivity contribution in [3.63, 3.8) is 0 Å². The largest absolute Gasteiger partial charge is 1.00 e. The molecule has 0 fully saturated rings. The van der Waals surface area contributed by atoms with Gasteiger partial charge in [0.25, 0.3) is 0 Å². The van der Waals surface area contributed by atoms with E-state index in [4.69, 9.17) is 10.5 Å². The van der Waals surface area contributed by atoms with Gasteiger partial charge in [0.2, 0.25) is 0 Å². The molecule has 0 saturated carbocycles. The molecular formula is C9H12ClFNO-. The van der Waals surface area contributed by atoms with Gasteiger partial charge in [-0.2, -0.15) is 0 Å². The van der Waals surface area contributed by atoms with Gasteiger partial charge in [-0.15, -0.1) is 0 Å². The second-order valence-corrected chi connectivity index (χ2v) is 2.42. The number of hydrogen-bond donors (Lipinski definition) is 1. The molecule has 0 saturated heterocycles. The van der Waals surface area contributed by atoms with Gasteiger partial charge in [-0.1, -0.05) is 12.1 Å². The van der Waals surface area contributed by atoms with Gasteiger partial charge in [0, 0.05) is 0 Å². The summed E-state index contributed by atoms with van der Waals surface area (Å²) in [7, 11) is 0. The number of nitrogens with two attached hydrogens (primary N) is 1. The molecule has 0 aliphatic rings. The molecule has 0 bridgehead atoms. The Morgan fingerprint density at radius 3 is 2.62 bits per heavy atom. The van der Waals surface area contributed by atoms with Gasteiger partial charge in [-0.05, 0) is 25.1 Å². The molecule has 0 unspecified atom stereocenters. The molecule has 2 N–H and O–H groups in total. The standard InChI is InChI=1S/C9H12FNO.ClH/c10-8-4-1-2-5-9(8)12-7-3-6-11;/h1-2,4-5H,3,6-7,11H2;1H/p-1. The van der Waals surface area contributed by atoms with Crippen LogP contribution in [0.2, 0.25) is 0 Å². The van der Waals surface area contributed by atoms with Crippen LogP contribution in [0.3, 0.4) is 0 Å². The van der Waals surface area contributed by atoms with E-state index in [2.05, 4.69) is 0 Å². The smallest absolute Gasteiger partial charge is 0.165 e. The molecular weight excluding hydrogens is 193 g/mol. The Hall–Kier alpha value is -0.800. The average molecular weight is 205 g/mol. The molecule has 1 aromatic carbocycles. The van der Waals surface area contributed by atoms with Crippen molar-refractivity contribution in [2.45, 2.75) is 6.42 Å². The first-order valence-electron chi connectivity index (χ1n) is 3.92. The second-order valence-electron chi connectivity index (χ2n) is 2.42. The lowest BCUT2D eigenvalue weighted by atomic mass is 10.3. The molecule has 2 nitrogen and oxygen atoms in total. The van der Waals surface area contributed by atoms with E-state index in [0.717, 1.165) is 6.42 Å². The van der Waals surface area contributed by atoms with Crippen molar-refractivity contribution in [2.24, 2.45) is 5.73 Å². The van der Waals surface area contributed by atoms with E-state index in [1.807, 2.05) is 0 Å². The fraction of sp³-hybridized carbons (Fsp3) is 0.333. The second kappa shape index (κ2) is 6.69. The maximum Gasteiger partial charge on any atom is 0.165 e. The van der Waals surface area contributed by atoms with E-state index in [1.165, 1.54) is 6.07 Å². The van der Waals surface area contributed by atoms with Gasteiger partial charge in [0.15, 0.2) is 11.6 Å². The van der Waals surface area contributed by atoms with Crippen LogP contribution in [0.15, 0.2) is 24.3 Å². The van der Waals surface area contributed by atoms with Crippen LogP contribution in [0, 0.1) is 5.82 Å². The van der Waals surface area contributed by atoms with Gasteiger partial charge in [0.1, 0.15) is 0 Å². The highest BCUT2D eigenvalue weighted by molar-refractivity contribution is 5.23. The molecule has 4 heteroatoms. The summed E-state index contributed by atoms with van der Waals surface area (Å²) in [6.45, 7) is 1.03. The summed E-state index contributed by atoms with van der Waals surface area (Å²) in [4.78, 5) is 0. The minimum absolute atomic E-state index is 0. The maximum atomic E-state index is 12.9. The van der Waals surface area contributed by atoms with Crippen molar-refractivity contribution in [2.75, 3.05) is 13.2 Å². The van der Waals surface area contributed by atoms with E-state index in [1.54, 1.807) is 18.2 Å². The summed E-state index contributed by atoms with van der Waals surface area (Å²) in [5, 5.41) is 0. The van der Waals surface area contributed by atoms with Gasteiger partial charge in [-0.3, -0.25) is 0 Å². The topological polar surface area (TPSA) is 35.2 Å². The van der Waals surface area contributed by atoms with E-state index in [0.29, 0.717) is 18.9 Å². The Balaban J connectivity index is 0.00000144. The molecule has 0 atom stereocenters. The summed E-state index contributed by atoms with van der Waals surface area (Å²) in [5.74, 6) is -0.0273. The Morgan fingerprint density at radius 1 is 1.31 bits per heavy atom. The SMILES string of the molecule is NCCCOc1ccccc1F.[Cl-]. The van der Waals surface area contributed by atoms with Crippen molar-refractivity contribution < 1.29 is 21.5 Å². The van der Waals surface area contributed by atoms with Crippen LogP contribution in [0.25, 0.3) is 0 Å². The number of hydrogen-bond acceptors (Lipinski definition) is 2. The fourth-order valence-corrected chi connectivity index (χ4v) is 0.827. The lowest BCUT2D eigenvalue weighted by molar-refractivity contribution is -0.00000352. The van der Waals surface area contributed by atoms with Crippen molar-refractivity contribution in [1.82, 2.24) is 0 Å². The van der Waals surface area contributed by atoms with Crippen molar-refractivity contribution in [3.8, 4) is 5.75 Å². The van der Waals surface area contributed by atoms with Gasteiger partial charge >= 0.3 is 0 Å². The third-order valence-electron chi connectivity index (χ3n) is 1.44. The Labute approximate surface area is 83.3 Å². The first-order chi connectivity index (χ1) is 5.84. The van der Waals surface area contributed by atoms with Crippen LogP contribution in [0.4, 0.5) is 4.39 Å². The molecule has 74 valence electrons. The molecule has 1 aromatic rings.